The molecular formula is C13H26N4O2. The summed E-state index contributed by atoms with van der Waals surface area (Å²) in [6, 6.07) is -0.444. The van der Waals surface area contributed by atoms with Gasteiger partial charge in [0, 0.05) is 32.7 Å². The summed E-state index contributed by atoms with van der Waals surface area (Å²) in [4.78, 5) is 27.2. The molecule has 0 spiro atoms. The van der Waals surface area contributed by atoms with Crippen LogP contribution in [0.15, 0.2) is 0 Å². The van der Waals surface area contributed by atoms with Crippen molar-refractivity contribution in [2.45, 2.75) is 39.2 Å². The summed E-state index contributed by atoms with van der Waals surface area (Å²) >= 11 is 0. The lowest BCUT2D eigenvalue weighted by Crippen LogP contribution is -2.55. The zero-order chi connectivity index (χ0) is 14.3. The van der Waals surface area contributed by atoms with Crippen molar-refractivity contribution < 1.29 is 9.59 Å². The van der Waals surface area contributed by atoms with Crippen LogP contribution in [0.2, 0.25) is 0 Å². The predicted octanol–water partition coefficient (Wildman–Crippen LogP) is 0.378. The summed E-state index contributed by atoms with van der Waals surface area (Å²) in [5.74, 6) is 0.0176. The number of piperazine rings is 1. The molecule has 0 saturated carbocycles. The minimum absolute atomic E-state index is 0.0176. The van der Waals surface area contributed by atoms with Gasteiger partial charge in [0.2, 0.25) is 5.91 Å². The molecule has 6 heteroatoms. The van der Waals surface area contributed by atoms with Crippen molar-refractivity contribution in [1.29, 1.82) is 0 Å². The Morgan fingerprint density at radius 1 is 1.16 bits per heavy atom. The number of carbonyl (C=O) groups is 2. The van der Waals surface area contributed by atoms with Crippen LogP contribution in [0.3, 0.4) is 0 Å². The highest BCUT2D eigenvalue weighted by atomic mass is 16.2. The van der Waals surface area contributed by atoms with Crippen LogP contribution in [0.1, 0.15) is 33.1 Å². The Morgan fingerprint density at radius 3 is 2.26 bits per heavy atom. The number of carbonyl (C=O) groups excluding carboxylic acids is 2. The van der Waals surface area contributed by atoms with E-state index in [1.807, 2.05) is 6.92 Å². The van der Waals surface area contributed by atoms with Gasteiger partial charge in [-0.2, -0.15) is 0 Å². The Hall–Kier alpha value is -1.30. The van der Waals surface area contributed by atoms with Crippen LogP contribution in [0, 0.1) is 0 Å². The van der Waals surface area contributed by atoms with E-state index in [1.54, 1.807) is 9.80 Å². The first-order chi connectivity index (χ1) is 9.10. The van der Waals surface area contributed by atoms with Crippen molar-refractivity contribution in [3.8, 4) is 0 Å². The first-order valence-corrected chi connectivity index (χ1v) is 7.17. The molecule has 6 nitrogen and oxygen atoms in total. The first kappa shape index (κ1) is 15.8. The van der Waals surface area contributed by atoms with Gasteiger partial charge in [-0.3, -0.25) is 4.79 Å². The van der Waals surface area contributed by atoms with Gasteiger partial charge in [0.15, 0.2) is 0 Å². The standard InChI is InChI=1S/C13H26N4O2/c1-3-5-6-11(14)12(18)16-7-9-17(10-8-16)13(19)15-4-2/h11H,3-10,14H2,1-2H3,(H,15,19). The monoisotopic (exact) mass is 270 g/mol. The van der Waals surface area contributed by atoms with Gasteiger partial charge in [0.05, 0.1) is 6.04 Å². The van der Waals surface area contributed by atoms with Crippen molar-refractivity contribution in [3.05, 3.63) is 0 Å². The lowest BCUT2D eigenvalue weighted by atomic mass is 10.1. The number of amides is 3. The van der Waals surface area contributed by atoms with E-state index >= 15 is 0 Å². The van der Waals surface area contributed by atoms with Crippen LogP contribution < -0.4 is 11.1 Å². The van der Waals surface area contributed by atoms with E-state index < -0.39 is 6.04 Å². The molecule has 1 atom stereocenters. The van der Waals surface area contributed by atoms with E-state index in [2.05, 4.69) is 12.2 Å². The van der Waals surface area contributed by atoms with Crippen LogP contribution >= 0.6 is 0 Å². The Kier molecular flexibility index (Phi) is 6.62. The topological polar surface area (TPSA) is 78.7 Å². The third-order valence-electron chi connectivity index (χ3n) is 3.39. The maximum Gasteiger partial charge on any atom is 0.317 e. The van der Waals surface area contributed by atoms with Crippen LogP contribution in [-0.2, 0) is 4.79 Å². The van der Waals surface area contributed by atoms with E-state index in [4.69, 9.17) is 5.73 Å². The SMILES string of the molecule is CCCCC(N)C(=O)N1CCN(C(=O)NCC)CC1. The van der Waals surface area contributed by atoms with Crippen LogP contribution in [-0.4, -0.2) is 60.5 Å². The van der Waals surface area contributed by atoms with Crippen LogP contribution in [0.5, 0.6) is 0 Å². The second-order valence-electron chi connectivity index (χ2n) is 4.90. The summed E-state index contributed by atoms with van der Waals surface area (Å²) in [6.07, 6.45) is 2.77. The largest absolute Gasteiger partial charge is 0.338 e. The summed E-state index contributed by atoms with van der Waals surface area (Å²) in [7, 11) is 0. The van der Waals surface area contributed by atoms with E-state index in [9.17, 15) is 9.59 Å². The van der Waals surface area contributed by atoms with E-state index in [0.717, 1.165) is 19.3 Å². The summed E-state index contributed by atoms with van der Waals surface area (Å²) < 4.78 is 0. The highest BCUT2D eigenvalue weighted by molar-refractivity contribution is 5.82. The fourth-order valence-corrected chi connectivity index (χ4v) is 2.17. The molecule has 0 aromatic rings. The zero-order valence-electron chi connectivity index (χ0n) is 12.0. The fraction of sp³-hybridized carbons (Fsp3) is 0.846. The molecule has 0 bridgehead atoms. The summed E-state index contributed by atoms with van der Waals surface area (Å²) in [6.45, 7) is 6.92. The summed E-state index contributed by atoms with van der Waals surface area (Å²) in [5.41, 5.74) is 5.89. The third-order valence-corrected chi connectivity index (χ3v) is 3.39. The van der Waals surface area contributed by atoms with Crippen molar-refractivity contribution in [3.63, 3.8) is 0 Å². The second-order valence-corrected chi connectivity index (χ2v) is 4.90. The smallest absolute Gasteiger partial charge is 0.317 e. The zero-order valence-corrected chi connectivity index (χ0v) is 12.0. The average Bonchev–Trinajstić information content (AvgIpc) is 2.44. The molecular weight excluding hydrogens is 244 g/mol. The molecule has 1 aliphatic rings. The first-order valence-electron chi connectivity index (χ1n) is 7.17. The summed E-state index contributed by atoms with van der Waals surface area (Å²) in [5, 5.41) is 2.77. The van der Waals surface area contributed by atoms with E-state index in [1.165, 1.54) is 0 Å². The Labute approximate surface area is 115 Å². The van der Waals surface area contributed by atoms with E-state index in [-0.39, 0.29) is 11.9 Å². The molecule has 0 radical (unpaired) electrons. The number of nitrogens with one attached hydrogen (secondary N) is 1. The van der Waals surface area contributed by atoms with Crippen molar-refractivity contribution >= 4 is 11.9 Å². The Morgan fingerprint density at radius 2 is 1.74 bits per heavy atom. The molecule has 1 saturated heterocycles. The van der Waals surface area contributed by atoms with Gasteiger partial charge >= 0.3 is 6.03 Å². The minimum atomic E-state index is -0.393. The van der Waals surface area contributed by atoms with Gasteiger partial charge < -0.3 is 20.9 Å². The molecule has 0 aromatic heterocycles. The Balaban J connectivity index is 2.36. The average molecular weight is 270 g/mol. The van der Waals surface area contributed by atoms with Gasteiger partial charge in [-0.1, -0.05) is 19.8 Å². The molecule has 0 aliphatic carbocycles. The molecule has 3 N–H and O–H groups in total. The normalized spacial score (nSPS) is 17.2. The number of nitrogens with two attached hydrogens (primary N) is 1. The maximum absolute atomic E-state index is 12.1. The van der Waals surface area contributed by atoms with Crippen LogP contribution in [0.25, 0.3) is 0 Å². The molecule has 1 unspecified atom stereocenters. The quantitative estimate of drug-likeness (QED) is 0.758. The molecule has 1 aliphatic heterocycles. The molecule has 1 fully saturated rings. The predicted molar refractivity (Wildman–Crippen MR) is 74.7 cm³/mol. The number of hydrogen-bond acceptors (Lipinski definition) is 3. The highest BCUT2D eigenvalue weighted by Crippen LogP contribution is 2.07. The lowest BCUT2D eigenvalue weighted by Gasteiger charge is -2.35. The van der Waals surface area contributed by atoms with Gasteiger partial charge in [-0.15, -0.1) is 0 Å². The number of rotatable bonds is 5. The number of unbranched alkanes of at least 4 members (excludes halogenated alkanes) is 1. The Bertz CT molecular complexity index is 301. The van der Waals surface area contributed by atoms with Gasteiger partial charge in [-0.05, 0) is 13.3 Å². The fourth-order valence-electron chi connectivity index (χ4n) is 2.17. The molecule has 3 amide bonds. The second kappa shape index (κ2) is 7.99. The van der Waals surface area contributed by atoms with Crippen molar-refractivity contribution in [2.75, 3.05) is 32.7 Å². The highest BCUT2D eigenvalue weighted by Gasteiger charge is 2.26. The minimum Gasteiger partial charge on any atom is -0.338 e. The third kappa shape index (κ3) is 4.70. The number of hydrogen-bond donors (Lipinski definition) is 2. The maximum atomic E-state index is 12.1. The van der Waals surface area contributed by atoms with Gasteiger partial charge in [0.1, 0.15) is 0 Å². The lowest BCUT2D eigenvalue weighted by molar-refractivity contribution is -0.134. The van der Waals surface area contributed by atoms with Crippen molar-refractivity contribution in [1.82, 2.24) is 15.1 Å². The molecule has 1 rings (SSSR count). The molecule has 0 aromatic carbocycles. The van der Waals surface area contributed by atoms with Crippen LogP contribution in [0.4, 0.5) is 4.79 Å². The van der Waals surface area contributed by atoms with Gasteiger partial charge in [0.25, 0.3) is 0 Å². The van der Waals surface area contributed by atoms with E-state index in [0.29, 0.717) is 32.7 Å². The number of nitrogens with zero attached hydrogens (tertiary/aromatic N) is 2. The molecule has 19 heavy (non-hydrogen) atoms. The molecule has 110 valence electrons. The van der Waals surface area contributed by atoms with Gasteiger partial charge in [-0.25, -0.2) is 4.79 Å². The number of urea groups is 1. The molecule has 1 heterocycles. The van der Waals surface area contributed by atoms with Crippen molar-refractivity contribution in [2.24, 2.45) is 5.73 Å².